The molecule has 0 fully saturated rings. The largest absolute Gasteiger partial charge is 0.321 e. The molecule has 0 saturated carbocycles. The molecule has 1 aromatic carbocycles. The Labute approximate surface area is 124 Å². The second kappa shape index (κ2) is 7.07. The first-order valence-electron chi connectivity index (χ1n) is 6.15. The zero-order valence-electron chi connectivity index (χ0n) is 11.8. The maximum Gasteiger partial charge on any atom is 0.276 e. The standard InChI is InChI=1S/C14H18N4O.ClH/c1-10-8-13(17-18(10)3)14(19)16-12-6-4-11(5-7-12)9-15-2;/h4-8,15H,9H2,1-3H3,(H,16,19);1H. The van der Waals surface area contributed by atoms with Crippen LogP contribution in [0.4, 0.5) is 5.69 Å². The van der Waals surface area contributed by atoms with Gasteiger partial charge in [0, 0.05) is 25.0 Å². The summed E-state index contributed by atoms with van der Waals surface area (Å²) in [5, 5.41) is 10.1. The van der Waals surface area contributed by atoms with Crippen molar-refractivity contribution in [3.8, 4) is 0 Å². The minimum Gasteiger partial charge on any atom is -0.321 e. The van der Waals surface area contributed by atoms with Crippen molar-refractivity contribution in [2.45, 2.75) is 13.5 Å². The molecule has 0 radical (unpaired) electrons. The summed E-state index contributed by atoms with van der Waals surface area (Å²) < 4.78 is 1.69. The molecule has 0 aliphatic carbocycles. The van der Waals surface area contributed by atoms with Crippen molar-refractivity contribution in [1.82, 2.24) is 15.1 Å². The molecule has 1 heterocycles. The Kier molecular flexibility index (Phi) is 5.73. The number of carbonyl (C=O) groups is 1. The molecule has 20 heavy (non-hydrogen) atoms. The number of rotatable bonds is 4. The normalized spacial score (nSPS) is 9.95. The summed E-state index contributed by atoms with van der Waals surface area (Å²) in [6.07, 6.45) is 0. The second-order valence-electron chi connectivity index (χ2n) is 4.48. The smallest absolute Gasteiger partial charge is 0.276 e. The highest BCUT2D eigenvalue weighted by Gasteiger charge is 2.10. The molecule has 6 heteroatoms. The van der Waals surface area contributed by atoms with Gasteiger partial charge >= 0.3 is 0 Å². The molecule has 1 amide bonds. The lowest BCUT2D eigenvalue weighted by molar-refractivity contribution is 0.102. The highest BCUT2D eigenvalue weighted by Crippen LogP contribution is 2.11. The van der Waals surface area contributed by atoms with Crippen LogP contribution in [0.5, 0.6) is 0 Å². The molecule has 2 aromatic rings. The average Bonchev–Trinajstić information content (AvgIpc) is 2.72. The first-order chi connectivity index (χ1) is 9.10. The van der Waals surface area contributed by atoms with E-state index >= 15 is 0 Å². The van der Waals surface area contributed by atoms with E-state index in [9.17, 15) is 4.79 Å². The topological polar surface area (TPSA) is 58.9 Å². The van der Waals surface area contributed by atoms with E-state index < -0.39 is 0 Å². The number of halogens is 1. The van der Waals surface area contributed by atoms with Crippen LogP contribution in [0.1, 0.15) is 21.7 Å². The highest BCUT2D eigenvalue weighted by atomic mass is 35.5. The Morgan fingerprint density at radius 2 is 1.95 bits per heavy atom. The summed E-state index contributed by atoms with van der Waals surface area (Å²) in [6, 6.07) is 9.51. The van der Waals surface area contributed by atoms with E-state index in [2.05, 4.69) is 15.7 Å². The zero-order chi connectivity index (χ0) is 13.8. The van der Waals surface area contributed by atoms with Gasteiger partial charge in [-0.25, -0.2) is 0 Å². The van der Waals surface area contributed by atoms with Gasteiger partial charge in [-0.05, 0) is 37.7 Å². The van der Waals surface area contributed by atoms with Gasteiger partial charge in [0.05, 0.1) is 0 Å². The number of nitrogens with one attached hydrogen (secondary N) is 2. The average molecular weight is 295 g/mol. The maximum absolute atomic E-state index is 12.0. The lowest BCUT2D eigenvalue weighted by Crippen LogP contribution is -2.13. The molecule has 0 aliphatic rings. The summed E-state index contributed by atoms with van der Waals surface area (Å²) in [4.78, 5) is 12.0. The van der Waals surface area contributed by atoms with E-state index in [1.54, 1.807) is 10.7 Å². The minimum absolute atomic E-state index is 0. The van der Waals surface area contributed by atoms with Crippen LogP contribution < -0.4 is 10.6 Å². The Hall–Kier alpha value is -1.85. The summed E-state index contributed by atoms with van der Waals surface area (Å²) in [7, 11) is 3.72. The molecule has 5 nitrogen and oxygen atoms in total. The van der Waals surface area contributed by atoms with E-state index in [0.29, 0.717) is 5.69 Å². The van der Waals surface area contributed by atoms with E-state index in [4.69, 9.17) is 0 Å². The SMILES string of the molecule is CNCc1ccc(NC(=O)c2cc(C)n(C)n2)cc1.Cl. The second-order valence-corrected chi connectivity index (χ2v) is 4.48. The number of nitrogens with zero attached hydrogens (tertiary/aromatic N) is 2. The third kappa shape index (κ3) is 3.82. The van der Waals surface area contributed by atoms with E-state index in [1.807, 2.05) is 45.3 Å². The van der Waals surface area contributed by atoms with Gasteiger partial charge in [0.25, 0.3) is 5.91 Å². The maximum atomic E-state index is 12.0. The first kappa shape index (κ1) is 16.2. The summed E-state index contributed by atoms with van der Waals surface area (Å²) >= 11 is 0. The molecule has 0 saturated heterocycles. The third-order valence-electron chi connectivity index (χ3n) is 2.94. The third-order valence-corrected chi connectivity index (χ3v) is 2.94. The van der Waals surface area contributed by atoms with Crippen LogP contribution in [0.15, 0.2) is 30.3 Å². The Morgan fingerprint density at radius 3 is 2.45 bits per heavy atom. The molecular formula is C14H19ClN4O. The van der Waals surface area contributed by atoms with Gasteiger partial charge in [0.1, 0.15) is 0 Å². The Morgan fingerprint density at radius 1 is 1.30 bits per heavy atom. The molecule has 0 spiro atoms. The fraction of sp³-hybridized carbons (Fsp3) is 0.286. The van der Waals surface area contributed by atoms with Gasteiger partial charge < -0.3 is 10.6 Å². The lowest BCUT2D eigenvalue weighted by Gasteiger charge is -2.05. The van der Waals surface area contributed by atoms with Gasteiger partial charge in [-0.3, -0.25) is 9.48 Å². The highest BCUT2D eigenvalue weighted by molar-refractivity contribution is 6.02. The van der Waals surface area contributed by atoms with Crippen molar-refractivity contribution >= 4 is 24.0 Å². The zero-order valence-corrected chi connectivity index (χ0v) is 12.6. The van der Waals surface area contributed by atoms with Gasteiger partial charge in [-0.1, -0.05) is 12.1 Å². The predicted molar refractivity (Wildman–Crippen MR) is 82.4 cm³/mol. The molecule has 2 N–H and O–H groups in total. The van der Waals surface area contributed by atoms with Crippen LogP contribution in [-0.4, -0.2) is 22.7 Å². The molecule has 0 atom stereocenters. The van der Waals surface area contributed by atoms with E-state index in [0.717, 1.165) is 17.9 Å². The van der Waals surface area contributed by atoms with Crippen molar-refractivity contribution in [3.63, 3.8) is 0 Å². The molecule has 0 bridgehead atoms. The van der Waals surface area contributed by atoms with Gasteiger partial charge in [0.2, 0.25) is 0 Å². The molecule has 1 aromatic heterocycles. The monoisotopic (exact) mass is 294 g/mol. The number of anilines is 1. The number of aromatic nitrogens is 2. The van der Waals surface area contributed by atoms with Crippen molar-refractivity contribution < 1.29 is 4.79 Å². The number of carbonyl (C=O) groups excluding carboxylic acids is 1. The van der Waals surface area contributed by atoms with Gasteiger partial charge in [-0.2, -0.15) is 5.10 Å². The van der Waals surface area contributed by atoms with Gasteiger partial charge in [0.15, 0.2) is 5.69 Å². The van der Waals surface area contributed by atoms with Crippen molar-refractivity contribution in [1.29, 1.82) is 0 Å². The van der Waals surface area contributed by atoms with Crippen LogP contribution >= 0.6 is 12.4 Å². The molecule has 2 rings (SSSR count). The fourth-order valence-corrected chi connectivity index (χ4v) is 1.78. The number of hydrogen-bond donors (Lipinski definition) is 2. The fourth-order valence-electron chi connectivity index (χ4n) is 1.78. The van der Waals surface area contributed by atoms with Gasteiger partial charge in [-0.15, -0.1) is 12.4 Å². The van der Waals surface area contributed by atoms with E-state index in [1.165, 1.54) is 5.56 Å². The van der Waals surface area contributed by atoms with Crippen LogP contribution in [0.3, 0.4) is 0 Å². The predicted octanol–water partition coefficient (Wildman–Crippen LogP) is 2.12. The number of aryl methyl sites for hydroxylation is 2. The van der Waals surface area contributed by atoms with Crippen molar-refractivity contribution in [3.05, 3.63) is 47.3 Å². The molecule has 108 valence electrons. The quantitative estimate of drug-likeness (QED) is 0.908. The van der Waals surface area contributed by atoms with Crippen LogP contribution in [0.2, 0.25) is 0 Å². The van der Waals surface area contributed by atoms with Crippen LogP contribution in [-0.2, 0) is 13.6 Å². The molecule has 0 aliphatic heterocycles. The Balaban J connectivity index is 0.00000200. The van der Waals surface area contributed by atoms with Crippen molar-refractivity contribution in [2.75, 3.05) is 12.4 Å². The summed E-state index contributed by atoms with van der Waals surface area (Å²) in [6.45, 7) is 2.73. The number of amides is 1. The van der Waals surface area contributed by atoms with Crippen molar-refractivity contribution in [2.24, 2.45) is 7.05 Å². The minimum atomic E-state index is -0.190. The van der Waals surface area contributed by atoms with Crippen LogP contribution in [0, 0.1) is 6.92 Å². The molecule has 0 unspecified atom stereocenters. The Bertz CT molecular complexity index is 558. The summed E-state index contributed by atoms with van der Waals surface area (Å²) in [5.74, 6) is -0.190. The first-order valence-corrected chi connectivity index (χ1v) is 6.15. The van der Waals surface area contributed by atoms with Crippen LogP contribution in [0.25, 0.3) is 0 Å². The number of benzene rings is 1. The van der Waals surface area contributed by atoms with E-state index in [-0.39, 0.29) is 18.3 Å². The summed E-state index contributed by atoms with van der Waals surface area (Å²) in [5.41, 5.74) is 3.33. The number of hydrogen-bond acceptors (Lipinski definition) is 3. The molecular weight excluding hydrogens is 276 g/mol. The lowest BCUT2D eigenvalue weighted by atomic mass is 10.2.